The lowest BCUT2D eigenvalue weighted by atomic mass is 9.90. The molecule has 0 fully saturated rings. The molecule has 20 heavy (non-hydrogen) atoms. The van der Waals surface area contributed by atoms with Crippen LogP contribution in [0.25, 0.3) is 0 Å². The number of hydrogen-bond acceptors (Lipinski definition) is 5. The molecule has 0 amide bonds. The minimum atomic E-state index is -0.914. The van der Waals surface area contributed by atoms with Gasteiger partial charge in [-0.25, -0.2) is 0 Å². The molecule has 1 rings (SSSR count). The van der Waals surface area contributed by atoms with Crippen molar-refractivity contribution in [3.8, 4) is 17.2 Å². The smallest absolute Gasteiger partial charge is 0.307 e. The summed E-state index contributed by atoms with van der Waals surface area (Å²) in [6.07, 6.45) is 1.37. The first-order valence-corrected chi connectivity index (χ1v) is 6.52. The number of carboxylic acid groups (broad SMARTS) is 1. The topological polar surface area (TPSA) is 124 Å². The number of aromatic hydroxyl groups is 3. The SMILES string of the molecule is CC(CCc1c(O)ccc(O)c1O)CC(CN)C(=O)O. The fourth-order valence-electron chi connectivity index (χ4n) is 2.15. The van der Waals surface area contributed by atoms with Crippen LogP contribution in [0.5, 0.6) is 17.2 Å². The van der Waals surface area contributed by atoms with Crippen LogP contribution in [-0.2, 0) is 11.2 Å². The summed E-state index contributed by atoms with van der Waals surface area (Å²) in [4.78, 5) is 10.9. The summed E-state index contributed by atoms with van der Waals surface area (Å²) >= 11 is 0. The molecule has 0 aromatic heterocycles. The van der Waals surface area contributed by atoms with Crippen LogP contribution in [0.1, 0.15) is 25.3 Å². The highest BCUT2D eigenvalue weighted by Gasteiger charge is 2.20. The number of hydrogen-bond donors (Lipinski definition) is 5. The van der Waals surface area contributed by atoms with Crippen LogP contribution in [0.15, 0.2) is 12.1 Å². The largest absolute Gasteiger partial charge is 0.508 e. The third kappa shape index (κ3) is 4.03. The zero-order valence-corrected chi connectivity index (χ0v) is 11.4. The van der Waals surface area contributed by atoms with Gasteiger partial charge in [-0.3, -0.25) is 4.79 Å². The first-order chi connectivity index (χ1) is 9.36. The fourth-order valence-corrected chi connectivity index (χ4v) is 2.15. The predicted octanol–water partition coefficient (Wildman–Crippen LogP) is 1.42. The van der Waals surface area contributed by atoms with Gasteiger partial charge in [0, 0.05) is 12.1 Å². The maximum absolute atomic E-state index is 10.9. The molecule has 0 aliphatic heterocycles. The first kappa shape index (κ1) is 16.1. The molecule has 0 bridgehead atoms. The van der Waals surface area contributed by atoms with Crippen molar-refractivity contribution >= 4 is 5.97 Å². The number of aliphatic carboxylic acids is 1. The first-order valence-electron chi connectivity index (χ1n) is 6.52. The van der Waals surface area contributed by atoms with Crippen LogP contribution in [0.4, 0.5) is 0 Å². The van der Waals surface area contributed by atoms with Crippen molar-refractivity contribution in [2.24, 2.45) is 17.6 Å². The molecule has 112 valence electrons. The molecule has 2 atom stereocenters. The van der Waals surface area contributed by atoms with Crippen LogP contribution in [0.2, 0.25) is 0 Å². The van der Waals surface area contributed by atoms with Gasteiger partial charge in [0.1, 0.15) is 5.75 Å². The van der Waals surface area contributed by atoms with E-state index in [-0.39, 0.29) is 35.3 Å². The molecule has 0 saturated heterocycles. The minimum absolute atomic E-state index is 0.0702. The van der Waals surface area contributed by atoms with E-state index in [2.05, 4.69) is 0 Å². The molecule has 0 radical (unpaired) electrons. The van der Waals surface area contributed by atoms with Crippen LogP contribution in [0, 0.1) is 11.8 Å². The molecule has 6 N–H and O–H groups in total. The monoisotopic (exact) mass is 283 g/mol. The summed E-state index contributed by atoms with van der Waals surface area (Å²) < 4.78 is 0. The quantitative estimate of drug-likeness (QED) is 0.381. The van der Waals surface area contributed by atoms with Crippen molar-refractivity contribution in [3.63, 3.8) is 0 Å². The molecule has 1 aromatic carbocycles. The summed E-state index contributed by atoms with van der Waals surface area (Å²) in [6, 6.07) is 2.53. The van der Waals surface area contributed by atoms with Crippen molar-refractivity contribution in [2.45, 2.75) is 26.2 Å². The molecular weight excluding hydrogens is 262 g/mol. The van der Waals surface area contributed by atoms with Crippen LogP contribution >= 0.6 is 0 Å². The normalized spacial score (nSPS) is 13.9. The number of carboxylic acids is 1. The van der Waals surface area contributed by atoms with Gasteiger partial charge in [-0.15, -0.1) is 0 Å². The van der Waals surface area contributed by atoms with Crippen molar-refractivity contribution in [2.75, 3.05) is 6.54 Å². The Bertz CT molecular complexity index is 475. The summed E-state index contributed by atoms with van der Waals surface area (Å²) in [5, 5.41) is 37.7. The Balaban J connectivity index is 2.63. The number of benzene rings is 1. The van der Waals surface area contributed by atoms with E-state index in [0.29, 0.717) is 19.3 Å². The molecular formula is C14H21NO5. The second-order valence-electron chi connectivity index (χ2n) is 5.08. The summed E-state index contributed by atoms with van der Waals surface area (Å²) in [5.74, 6) is -2.12. The standard InChI is InChI=1S/C14H21NO5/c1-8(6-9(7-15)14(19)20)2-3-10-11(16)4-5-12(17)13(10)18/h4-5,8-9,16-18H,2-3,6-7,15H2,1H3,(H,19,20). The Hall–Kier alpha value is -1.95. The lowest BCUT2D eigenvalue weighted by molar-refractivity contribution is -0.141. The van der Waals surface area contributed by atoms with Gasteiger partial charge in [-0.2, -0.15) is 0 Å². The van der Waals surface area contributed by atoms with Gasteiger partial charge in [0.2, 0.25) is 0 Å². The molecule has 6 heteroatoms. The molecule has 0 saturated carbocycles. The summed E-state index contributed by atoms with van der Waals surface area (Å²) in [5.41, 5.74) is 5.68. The van der Waals surface area contributed by atoms with Crippen LogP contribution < -0.4 is 5.73 Å². The second kappa shape index (κ2) is 7.00. The molecule has 0 spiro atoms. The number of phenolic OH excluding ortho intramolecular Hbond substituents is 3. The van der Waals surface area contributed by atoms with Gasteiger partial charge < -0.3 is 26.2 Å². The van der Waals surface area contributed by atoms with Gasteiger partial charge in [-0.05, 0) is 37.3 Å². The van der Waals surface area contributed by atoms with Crippen LogP contribution in [-0.4, -0.2) is 32.9 Å². The van der Waals surface area contributed by atoms with E-state index >= 15 is 0 Å². The Labute approximate surface area is 117 Å². The van der Waals surface area contributed by atoms with E-state index in [0.717, 1.165) is 0 Å². The number of phenols is 3. The van der Waals surface area contributed by atoms with E-state index in [9.17, 15) is 20.1 Å². The van der Waals surface area contributed by atoms with Gasteiger partial charge in [0.05, 0.1) is 5.92 Å². The van der Waals surface area contributed by atoms with E-state index in [1.807, 2.05) is 6.92 Å². The summed E-state index contributed by atoms with van der Waals surface area (Å²) in [7, 11) is 0. The number of nitrogens with two attached hydrogens (primary N) is 1. The third-order valence-electron chi connectivity index (χ3n) is 3.44. The van der Waals surface area contributed by atoms with Crippen molar-refractivity contribution in [3.05, 3.63) is 17.7 Å². The molecule has 2 unspecified atom stereocenters. The second-order valence-corrected chi connectivity index (χ2v) is 5.08. The highest BCUT2D eigenvalue weighted by Crippen LogP contribution is 2.36. The molecule has 1 aromatic rings. The highest BCUT2D eigenvalue weighted by atomic mass is 16.4. The van der Waals surface area contributed by atoms with Gasteiger partial charge in [0.25, 0.3) is 0 Å². The molecule has 6 nitrogen and oxygen atoms in total. The average Bonchev–Trinajstić information content (AvgIpc) is 2.40. The fraction of sp³-hybridized carbons (Fsp3) is 0.500. The molecule has 0 heterocycles. The van der Waals surface area contributed by atoms with Crippen molar-refractivity contribution in [1.82, 2.24) is 0 Å². The van der Waals surface area contributed by atoms with Gasteiger partial charge in [-0.1, -0.05) is 6.92 Å². The van der Waals surface area contributed by atoms with Crippen molar-refractivity contribution < 1.29 is 25.2 Å². The lowest BCUT2D eigenvalue weighted by Gasteiger charge is -2.17. The molecule has 0 aliphatic carbocycles. The van der Waals surface area contributed by atoms with Gasteiger partial charge in [0.15, 0.2) is 11.5 Å². The molecule has 0 aliphatic rings. The maximum atomic E-state index is 10.9. The van der Waals surface area contributed by atoms with E-state index < -0.39 is 11.9 Å². The highest BCUT2D eigenvalue weighted by molar-refractivity contribution is 5.70. The maximum Gasteiger partial charge on any atom is 0.307 e. The zero-order chi connectivity index (χ0) is 15.3. The van der Waals surface area contributed by atoms with E-state index in [4.69, 9.17) is 10.8 Å². The van der Waals surface area contributed by atoms with Gasteiger partial charge >= 0.3 is 5.97 Å². The Morgan fingerprint density at radius 1 is 1.25 bits per heavy atom. The van der Waals surface area contributed by atoms with Crippen LogP contribution in [0.3, 0.4) is 0 Å². The average molecular weight is 283 g/mol. The predicted molar refractivity (Wildman–Crippen MR) is 73.7 cm³/mol. The van der Waals surface area contributed by atoms with E-state index in [1.54, 1.807) is 0 Å². The Kier molecular flexibility index (Phi) is 5.64. The van der Waals surface area contributed by atoms with Crippen molar-refractivity contribution in [1.29, 1.82) is 0 Å². The Morgan fingerprint density at radius 2 is 1.85 bits per heavy atom. The lowest BCUT2D eigenvalue weighted by Crippen LogP contribution is -2.25. The number of carbonyl (C=O) groups is 1. The third-order valence-corrected chi connectivity index (χ3v) is 3.44. The zero-order valence-electron chi connectivity index (χ0n) is 11.4. The number of rotatable bonds is 7. The van der Waals surface area contributed by atoms with E-state index in [1.165, 1.54) is 12.1 Å². The summed E-state index contributed by atoms with van der Waals surface area (Å²) in [6.45, 7) is 1.98. The Morgan fingerprint density at radius 3 is 2.40 bits per heavy atom. The minimum Gasteiger partial charge on any atom is -0.508 e.